The van der Waals surface area contributed by atoms with Gasteiger partial charge in [-0.25, -0.2) is 0 Å². The maximum Gasteiger partial charge on any atom is 1.00 e. The van der Waals surface area contributed by atoms with Crippen molar-refractivity contribution in [1.29, 1.82) is 0 Å². The molecule has 0 unspecified atom stereocenters. The van der Waals surface area contributed by atoms with E-state index in [1.807, 2.05) is 0 Å². The fourth-order valence-electron chi connectivity index (χ4n) is 1.99. The molecule has 0 bridgehead atoms. The van der Waals surface area contributed by atoms with Gasteiger partial charge < -0.3 is 17.7 Å². The van der Waals surface area contributed by atoms with Gasteiger partial charge in [0.05, 0.1) is 0 Å². The number of fused-ring (bicyclic) bond motifs is 1. The van der Waals surface area contributed by atoms with Crippen molar-refractivity contribution in [2.75, 3.05) is 6.61 Å². The van der Waals surface area contributed by atoms with E-state index >= 15 is 0 Å². The molecule has 0 amide bonds. The molecule has 1 heterocycles. The monoisotopic (exact) mass is 204 g/mol. The standard InChI is InChI=1S/C6H9BF3O.K/c8-7(9,10)5-4-2-1-3-11-6(4)5;/h4-6H,1-3H2;/q-1;+1/t4-,5-,6-;/m1./s1. The van der Waals surface area contributed by atoms with Gasteiger partial charge in [0, 0.05) is 12.7 Å². The van der Waals surface area contributed by atoms with Crippen molar-refractivity contribution in [3.63, 3.8) is 0 Å². The van der Waals surface area contributed by atoms with Gasteiger partial charge in [-0.05, 0) is 24.6 Å². The Bertz CT molecular complexity index is 163. The van der Waals surface area contributed by atoms with E-state index in [0.29, 0.717) is 13.0 Å². The molecule has 0 aromatic rings. The van der Waals surface area contributed by atoms with Crippen LogP contribution < -0.4 is 51.4 Å². The fourth-order valence-corrected chi connectivity index (χ4v) is 1.99. The number of ether oxygens (including phenoxy) is 1. The third-order valence-electron chi connectivity index (χ3n) is 2.58. The van der Waals surface area contributed by atoms with Gasteiger partial charge in [0.25, 0.3) is 0 Å². The third-order valence-corrected chi connectivity index (χ3v) is 2.58. The first-order valence-electron chi connectivity index (χ1n) is 3.92. The first kappa shape index (κ1) is 11.5. The van der Waals surface area contributed by atoms with Crippen LogP contribution in [-0.4, -0.2) is 19.7 Å². The molecule has 64 valence electrons. The van der Waals surface area contributed by atoms with Crippen molar-refractivity contribution in [2.45, 2.75) is 24.8 Å². The van der Waals surface area contributed by atoms with E-state index in [4.69, 9.17) is 4.74 Å². The van der Waals surface area contributed by atoms with Crippen molar-refractivity contribution in [3.8, 4) is 0 Å². The average molecular weight is 204 g/mol. The molecule has 1 aliphatic heterocycles. The average Bonchev–Trinajstić information content (AvgIpc) is 2.58. The van der Waals surface area contributed by atoms with E-state index < -0.39 is 18.9 Å². The van der Waals surface area contributed by atoms with Gasteiger partial charge in [0.2, 0.25) is 0 Å². The van der Waals surface area contributed by atoms with Gasteiger partial charge in [0.15, 0.2) is 0 Å². The summed E-state index contributed by atoms with van der Waals surface area (Å²) in [5, 5.41) is 0. The van der Waals surface area contributed by atoms with Gasteiger partial charge >= 0.3 is 58.4 Å². The normalized spacial score (nSPS) is 39.8. The van der Waals surface area contributed by atoms with E-state index in [0.717, 1.165) is 6.42 Å². The molecule has 0 spiro atoms. The van der Waals surface area contributed by atoms with Crippen LogP contribution in [0.2, 0.25) is 5.82 Å². The SMILES string of the molecule is F[B-](F)(F)[C@@H]1[C@H]2CCCO[C@H]21.[K+]. The zero-order valence-corrected chi connectivity index (χ0v) is 10.1. The Labute approximate surface area is 112 Å². The van der Waals surface area contributed by atoms with Crippen LogP contribution in [-0.2, 0) is 4.74 Å². The summed E-state index contributed by atoms with van der Waals surface area (Å²) in [5.74, 6) is -1.28. The van der Waals surface area contributed by atoms with Crippen LogP contribution in [0, 0.1) is 5.92 Å². The molecule has 1 saturated heterocycles. The molecular formula is C6H9BF3KO. The van der Waals surface area contributed by atoms with E-state index in [2.05, 4.69) is 0 Å². The molecule has 12 heavy (non-hydrogen) atoms. The van der Waals surface area contributed by atoms with Crippen molar-refractivity contribution < 1.29 is 69.1 Å². The summed E-state index contributed by atoms with van der Waals surface area (Å²) < 4.78 is 41.4. The zero-order valence-electron chi connectivity index (χ0n) is 6.97. The van der Waals surface area contributed by atoms with Crippen LogP contribution in [0.5, 0.6) is 0 Å². The van der Waals surface area contributed by atoms with Crippen LogP contribution >= 0.6 is 0 Å². The Morgan fingerprint density at radius 3 is 2.33 bits per heavy atom. The second kappa shape index (κ2) is 3.90. The van der Waals surface area contributed by atoms with Crippen molar-refractivity contribution in [1.82, 2.24) is 0 Å². The molecule has 2 rings (SSSR count). The Kier molecular flexibility index (Phi) is 3.75. The minimum absolute atomic E-state index is 0. The number of halogens is 3. The molecule has 2 aliphatic rings. The molecule has 2 fully saturated rings. The second-order valence-electron chi connectivity index (χ2n) is 3.34. The Morgan fingerprint density at radius 1 is 1.25 bits per heavy atom. The summed E-state index contributed by atoms with van der Waals surface area (Å²) in [5.41, 5.74) is 0. The van der Waals surface area contributed by atoms with Gasteiger partial charge in [-0.1, -0.05) is 0 Å². The number of rotatable bonds is 1. The molecule has 1 aliphatic carbocycles. The Hall–Kier alpha value is 1.45. The van der Waals surface area contributed by atoms with Gasteiger partial charge in [-0.15, -0.1) is 0 Å². The van der Waals surface area contributed by atoms with Crippen LogP contribution in [0.15, 0.2) is 0 Å². The summed E-state index contributed by atoms with van der Waals surface area (Å²) in [4.78, 5) is 0. The molecule has 0 aromatic carbocycles. The van der Waals surface area contributed by atoms with Gasteiger partial charge in [-0.2, -0.15) is 0 Å². The predicted octanol–water partition coefficient (Wildman–Crippen LogP) is -0.983. The largest absolute Gasteiger partial charge is 1.00 e. The predicted molar refractivity (Wildman–Crippen MR) is 35.3 cm³/mol. The molecule has 0 N–H and O–H groups in total. The molecule has 1 saturated carbocycles. The van der Waals surface area contributed by atoms with Crippen molar-refractivity contribution in [3.05, 3.63) is 0 Å². The zero-order chi connectivity index (χ0) is 8.06. The summed E-state index contributed by atoms with van der Waals surface area (Å²) in [6.07, 6.45) is 1.03. The van der Waals surface area contributed by atoms with E-state index in [-0.39, 0.29) is 57.3 Å². The quantitative estimate of drug-likeness (QED) is 0.498. The topological polar surface area (TPSA) is 9.23 Å². The first-order chi connectivity index (χ1) is 5.11. The Balaban J connectivity index is 0.000000720. The molecule has 0 aromatic heterocycles. The van der Waals surface area contributed by atoms with Crippen molar-refractivity contribution in [2.24, 2.45) is 5.92 Å². The van der Waals surface area contributed by atoms with Crippen LogP contribution in [0.25, 0.3) is 0 Å². The van der Waals surface area contributed by atoms with Gasteiger partial charge in [-0.3, -0.25) is 0 Å². The van der Waals surface area contributed by atoms with Crippen LogP contribution in [0.4, 0.5) is 12.9 Å². The smallest absolute Gasteiger partial charge is 0.449 e. The molecule has 0 radical (unpaired) electrons. The fraction of sp³-hybridized carbons (Fsp3) is 1.00. The van der Waals surface area contributed by atoms with E-state index in [9.17, 15) is 12.9 Å². The second-order valence-corrected chi connectivity index (χ2v) is 3.34. The molecule has 1 nitrogen and oxygen atoms in total. The van der Waals surface area contributed by atoms with Crippen LogP contribution in [0.3, 0.4) is 0 Å². The first-order valence-corrected chi connectivity index (χ1v) is 3.92. The van der Waals surface area contributed by atoms with Gasteiger partial charge in [0.1, 0.15) is 0 Å². The minimum Gasteiger partial charge on any atom is -0.449 e. The van der Waals surface area contributed by atoms with E-state index in [1.165, 1.54) is 0 Å². The Morgan fingerprint density at radius 2 is 1.92 bits per heavy atom. The van der Waals surface area contributed by atoms with Crippen molar-refractivity contribution >= 4 is 6.98 Å². The third kappa shape index (κ3) is 2.09. The van der Waals surface area contributed by atoms with Crippen LogP contribution in [0.1, 0.15) is 12.8 Å². The summed E-state index contributed by atoms with van der Waals surface area (Å²) in [6.45, 7) is -4.12. The molecular weight excluding hydrogens is 195 g/mol. The minimum atomic E-state index is -4.63. The number of hydrogen-bond donors (Lipinski definition) is 0. The summed E-state index contributed by atoms with van der Waals surface area (Å²) >= 11 is 0. The maximum absolute atomic E-state index is 12.1. The maximum atomic E-state index is 12.1. The molecule has 3 atom stereocenters. The number of hydrogen-bond acceptors (Lipinski definition) is 1. The molecule has 6 heteroatoms. The summed E-state index contributed by atoms with van der Waals surface area (Å²) in [6, 6.07) is 0. The van der Waals surface area contributed by atoms with E-state index in [1.54, 1.807) is 0 Å². The summed E-state index contributed by atoms with van der Waals surface area (Å²) in [7, 11) is 0.